The first-order chi connectivity index (χ1) is 16.9. The second-order valence-corrected chi connectivity index (χ2v) is 8.33. The van der Waals surface area contributed by atoms with Crippen LogP contribution >= 0.6 is 0 Å². The predicted octanol–water partition coefficient (Wildman–Crippen LogP) is 4.25. The Kier molecular flexibility index (Phi) is 5.96. The summed E-state index contributed by atoms with van der Waals surface area (Å²) in [5.74, 6) is -1.89. The van der Waals surface area contributed by atoms with Gasteiger partial charge >= 0.3 is 0 Å². The van der Waals surface area contributed by atoms with Crippen molar-refractivity contribution in [1.29, 1.82) is 0 Å². The molecular formula is C25H21F3N6O. The highest BCUT2D eigenvalue weighted by Gasteiger charge is 2.34. The highest BCUT2D eigenvalue weighted by molar-refractivity contribution is 5.82. The van der Waals surface area contributed by atoms with Gasteiger partial charge in [-0.3, -0.25) is 4.68 Å². The molecule has 0 spiro atoms. The highest BCUT2D eigenvalue weighted by atomic mass is 19.1. The number of nitrogens with one attached hydrogen (secondary N) is 1. The Bertz CT molecular complexity index is 1450. The first kappa shape index (κ1) is 22.6. The molecule has 0 bridgehead atoms. The summed E-state index contributed by atoms with van der Waals surface area (Å²) in [6.45, 7) is 0.292. The van der Waals surface area contributed by atoms with Crippen LogP contribution in [0.2, 0.25) is 0 Å². The number of rotatable bonds is 8. The van der Waals surface area contributed by atoms with Gasteiger partial charge in [0.15, 0.2) is 0 Å². The molecule has 2 heterocycles. The van der Waals surface area contributed by atoms with Crippen molar-refractivity contribution in [2.24, 2.45) is 0 Å². The SMILES string of the molecule is OC(Cn1cncn1)(Cn1cc2cc(NCc3ccc(F)cc3)ccc2n1)c1ccc(F)cc1F. The van der Waals surface area contributed by atoms with Crippen LogP contribution in [0.1, 0.15) is 11.1 Å². The van der Waals surface area contributed by atoms with E-state index < -0.39 is 17.2 Å². The van der Waals surface area contributed by atoms with E-state index in [9.17, 15) is 18.3 Å². The van der Waals surface area contributed by atoms with Gasteiger partial charge in [-0.2, -0.15) is 10.2 Å². The fourth-order valence-corrected chi connectivity index (χ4v) is 4.01. The van der Waals surface area contributed by atoms with Crippen LogP contribution in [0, 0.1) is 17.5 Å². The van der Waals surface area contributed by atoms with E-state index >= 15 is 0 Å². The normalized spacial score (nSPS) is 13.1. The van der Waals surface area contributed by atoms with Gasteiger partial charge in [-0.05, 0) is 42.0 Å². The molecule has 0 aliphatic rings. The zero-order valence-corrected chi connectivity index (χ0v) is 18.4. The van der Waals surface area contributed by atoms with Crippen LogP contribution in [-0.2, 0) is 25.2 Å². The summed E-state index contributed by atoms with van der Waals surface area (Å²) in [6.07, 6.45) is 4.46. The van der Waals surface area contributed by atoms with Gasteiger partial charge < -0.3 is 10.4 Å². The van der Waals surface area contributed by atoms with E-state index in [1.54, 1.807) is 18.3 Å². The van der Waals surface area contributed by atoms with Gasteiger partial charge in [0.05, 0.1) is 18.6 Å². The van der Waals surface area contributed by atoms with Crippen molar-refractivity contribution in [3.05, 3.63) is 108 Å². The molecule has 0 aliphatic carbocycles. The molecule has 0 radical (unpaired) electrons. The number of aliphatic hydroxyl groups is 1. The van der Waals surface area contributed by atoms with E-state index in [4.69, 9.17) is 0 Å². The lowest BCUT2D eigenvalue weighted by Crippen LogP contribution is -2.37. The molecule has 0 amide bonds. The number of hydrogen-bond donors (Lipinski definition) is 2. The van der Waals surface area contributed by atoms with Crippen molar-refractivity contribution in [2.45, 2.75) is 25.2 Å². The van der Waals surface area contributed by atoms with E-state index in [0.29, 0.717) is 12.1 Å². The third-order valence-corrected chi connectivity index (χ3v) is 5.71. The smallest absolute Gasteiger partial charge is 0.137 e. The van der Waals surface area contributed by atoms with Crippen molar-refractivity contribution in [2.75, 3.05) is 5.32 Å². The minimum Gasteiger partial charge on any atom is -0.381 e. The molecule has 178 valence electrons. The van der Waals surface area contributed by atoms with E-state index in [1.807, 2.05) is 18.2 Å². The van der Waals surface area contributed by atoms with Crippen LogP contribution in [0.4, 0.5) is 18.9 Å². The van der Waals surface area contributed by atoms with Crippen molar-refractivity contribution in [3.63, 3.8) is 0 Å². The molecule has 0 aliphatic heterocycles. The molecule has 5 aromatic rings. The summed E-state index contributed by atoms with van der Waals surface area (Å²) in [5.41, 5.74) is 0.595. The summed E-state index contributed by atoms with van der Waals surface area (Å²) in [6, 6.07) is 14.9. The van der Waals surface area contributed by atoms with Crippen LogP contribution in [0.25, 0.3) is 10.9 Å². The van der Waals surface area contributed by atoms with Crippen LogP contribution < -0.4 is 5.32 Å². The lowest BCUT2D eigenvalue weighted by Gasteiger charge is -2.28. The maximum atomic E-state index is 14.7. The third kappa shape index (κ3) is 5.02. The van der Waals surface area contributed by atoms with Gasteiger partial charge in [0, 0.05) is 35.4 Å². The van der Waals surface area contributed by atoms with Crippen LogP contribution in [-0.4, -0.2) is 29.7 Å². The van der Waals surface area contributed by atoms with Gasteiger partial charge in [-0.15, -0.1) is 0 Å². The molecule has 7 nitrogen and oxygen atoms in total. The minimum atomic E-state index is -1.78. The van der Waals surface area contributed by atoms with Gasteiger partial charge in [-0.25, -0.2) is 22.8 Å². The topological polar surface area (TPSA) is 80.8 Å². The highest BCUT2D eigenvalue weighted by Crippen LogP contribution is 2.29. The summed E-state index contributed by atoms with van der Waals surface area (Å²) >= 11 is 0. The molecule has 0 fully saturated rings. The summed E-state index contributed by atoms with van der Waals surface area (Å²) in [7, 11) is 0. The summed E-state index contributed by atoms with van der Waals surface area (Å²) in [5, 5.41) is 24.2. The number of nitrogens with zero attached hydrogens (tertiary/aromatic N) is 5. The number of aromatic nitrogens is 5. The van der Waals surface area contributed by atoms with Crippen molar-refractivity contribution in [1.82, 2.24) is 24.5 Å². The number of benzene rings is 3. The van der Waals surface area contributed by atoms with E-state index in [1.165, 1.54) is 40.2 Å². The first-order valence-electron chi connectivity index (χ1n) is 10.8. The Morgan fingerprint density at radius 2 is 1.66 bits per heavy atom. The Labute approximate surface area is 198 Å². The fraction of sp³-hybridized carbons (Fsp3) is 0.160. The van der Waals surface area contributed by atoms with Crippen LogP contribution in [0.3, 0.4) is 0 Å². The Morgan fingerprint density at radius 1 is 0.886 bits per heavy atom. The Hall–Kier alpha value is -4.18. The Morgan fingerprint density at radius 3 is 2.40 bits per heavy atom. The van der Waals surface area contributed by atoms with Crippen molar-refractivity contribution >= 4 is 16.6 Å². The average Bonchev–Trinajstić information content (AvgIpc) is 3.47. The zero-order valence-electron chi connectivity index (χ0n) is 18.4. The molecule has 0 saturated heterocycles. The summed E-state index contributed by atoms with van der Waals surface area (Å²) in [4.78, 5) is 3.87. The molecule has 2 N–H and O–H groups in total. The lowest BCUT2D eigenvalue weighted by atomic mass is 9.93. The van der Waals surface area contributed by atoms with Gasteiger partial charge in [-0.1, -0.05) is 18.2 Å². The largest absolute Gasteiger partial charge is 0.381 e. The molecule has 1 unspecified atom stereocenters. The molecule has 3 aromatic carbocycles. The van der Waals surface area contributed by atoms with Crippen molar-refractivity contribution < 1.29 is 18.3 Å². The molecule has 35 heavy (non-hydrogen) atoms. The lowest BCUT2D eigenvalue weighted by molar-refractivity contribution is -0.00828. The molecule has 0 saturated carbocycles. The van der Waals surface area contributed by atoms with E-state index in [2.05, 4.69) is 20.5 Å². The third-order valence-electron chi connectivity index (χ3n) is 5.71. The number of fused-ring (bicyclic) bond motifs is 1. The van der Waals surface area contributed by atoms with Gasteiger partial charge in [0.25, 0.3) is 0 Å². The van der Waals surface area contributed by atoms with Crippen LogP contribution in [0.5, 0.6) is 0 Å². The molecule has 5 rings (SSSR count). The summed E-state index contributed by atoms with van der Waals surface area (Å²) < 4.78 is 44.2. The van der Waals surface area contributed by atoms with Gasteiger partial charge in [0.1, 0.15) is 35.7 Å². The van der Waals surface area contributed by atoms with Crippen LogP contribution in [0.15, 0.2) is 79.5 Å². The minimum absolute atomic E-state index is 0.0735. The molecule has 10 heteroatoms. The average molecular weight is 478 g/mol. The van der Waals surface area contributed by atoms with Gasteiger partial charge in [0.2, 0.25) is 0 Å². The monoisotopic (exact) mass is 478 g/mol. The number of halogens is 3. The van der Waals surface area contributed by atoms with Crippen molar-refractivity contribution in [3.8, 4) is 0 Å². The Balaban J connectivity index is 1.40. The second kappa shape index (κ2) is 9.22. The fourth-order valence-electron chi connectivity index (χ4n) is 4.01. The number of hydrogen-bond acceptors (Lipinski definition) is 5. The maximum absolute atomic E-state index is 14.7. The standard InChI is InChI=1S/C25H21F3N6O/c26-19-3-1-17(2-4-19)11-30-21-6-8-24-18(9-21)12-33(32-24)13-25(35,14-34-16-29-15-31-34)22-7-5-20(27)10-23(22)28/h1-10,12,15-16,30,35H,11,13-14H2. The number of anilines is 1. The second-order valence-electron chi connectivity index (χ2n) is 8.33. The quantitative estimate of drug-likeness (QED) is 0.349. The predicted molar refractivity (Wildman–Crippen MR) is 124 cm³/mol. The first-order valence-corrected chi connectivity index (χ1v) is 10.8. The molecule has 1 atom stereocenters. The molecular weight excluding hydrogens is 457 g/mol. The zero-order chi connectivity index (χ0) is 24.4. The van der Waals surface area contributed by atoms with E-state index in [0.717, 1.165) is 28.8 Å². The van der Waals surface area contributed by atoms with E-state index in [-0.39, 0.29) is 24.5 Å². The molecule has 2 aromatic heterocycles. The maximum Gasteiger partial charge on any atom is 0.137 e.